The first kappa shape index (κ1) is 16.2. The van der Waals surface area contributed by atoms with E-state index in [4.69, 9.17) is 4.74 Å². The molecule has 0 unspecified atom stereocenters. The Labute approximate surface area is 106 Å². The van der Waals surface area contributed by atoms with Gasteiger partial charge in [0, 0.05) is 12.1 Å². The third-order valence-electron chi connectivity index (χ3n) is 2.42. The quantitative estimate of drug-likeness (QED) is 0.602. The number of nitrogens with zero attached hydrogens (tertiary/aromatic N) is 1. The molecule has 1 aliphatic rings. The molecule has 0 radical (unpaired) electrons. The lowest BCUT2D eigenvalue weighted by atomic mass is 10.1. The van der Waals surface area contributed by atoms with Crippen LogP contribution in [0, 0.1) is 0 Å². The van der Waals surface area contributed by atoms with E-state index in [9.17, 15) is 0 Å². The molecular weight excluding hydrogens is 212 g/mol. The van der Waals surface area contributed by atoms with Crippen molar-refractivity contribution in [3.05, 3.63) is 12.0 Å². The van der Waals surface area contributed by atoms with Crippen LogP contribution in [-0.2, 0) is 4.74 Å². The van der Waals surface area contributed by atoms with Crippen molar-refractivity contribution in [2.75, 3.05) is 13.1 Å². The summed E-state index contributed by atoms with van der Waals surface area (Å²) in [5, 5.41) is 3.33. The molecule has 1 rings (SSSR count). The summed E-state index contributed by atoms with van der Waals surface area (Å²) < 4.78 is 5.90. The highest BCUT2D eigenvalue weighted by atomic mass is 16.5. The van der Waals surface area contributed by atoms with Crippen LogP contribution >= 0.6 is 0 Å². The second-order valence-electron chi connectivity index (χ2n) is 4.09. The van der Waals surface area contributed by atoms with Crippen LogP contribution in [0.4, 0.5) is 0 Å². The van der Waals surface area contributed by atoms with E-state index in [2.05, 4.69) is 17.2 Å². The van der Waals surface area contributed by atoms with E-state index in [-0.39, 0.29) is 0 Å². The second-order valence-corrected chi connectivity index (χ2v) is 4.09. The average Bonchev–Trinajstić information content (AvgIpc) is 2.38. The minimum atomic E-state index is 0.379. The summed E-state index contributed by atoms with van der Waals surface area (Å²) in [6, 6.07) is 0. The second kappa shape index (κ2) is 10.3. The van der Waals surface area contributed by atoms with Gasteiger partial charge in [-0.3, -0.25) is 4.99 Å². The van der Waals surface area contributed by atoms with Crippen LogP contribution in [-0.4, -0.2) is 24.9 Å². The molecule has 0 bridgehead atoms. The molecule has 0 aliphatic carbocycles. The minimum absolute atomic E-state index is 0.379. The van der Waals surface area contributed by atoms with E-state index >= 15 is 0 Å². The Balaban J connectivity index is 0.00000121. The molecule has 0 aromatic rings. The van der Waals surface area contributed by atoms with Crippen LogP contribution in [0.2, 0.25) is 0 Å². The topological polar surface area (TPSA) is 33.6 Å². The lowest BCUT2D eigenvalue weighted by Gasteiger charge is -2.24. The fourth-order valence-corrected chi connectivity index (χ4v) is 1.53. The summed E-state index contributed by atoms with van der Waals surface area (Å²) in [6.45, 7) is 12.2. The molecule has 0 saturated carbocycles. The third kappa shape index (κ3) is 7.97. The van der Waals surface area contributed by atoms with Crippen LogP contribution in [0.3, 0.4) is 0 Å². The first-order valence-corrected chi connectivity index (χ1v) is 6.79. The smallest absolute Gasteiger partial charge is 0.114 e. The van der Waals surface area contributed by atoms with Crippen molar-refractivity contribution < 1.29 is 4.74 Å². The van der Waals surface area contributed by atoms with E-state index in [1.54, 1.807) is 0 Å². The predicted octanol–water partition coefficient (Wildman–Crippen LogP) is 3.51. The first-order chi connectivity index (χ1) is 8.22. The van der Waals surface area contributed by atoms with Crippen LogP contribution in [0.15, 0.2) is 17.0 Å². The van der Waals surface area contributed by atoms with Gasteiger partial charge in [0.1, 0.15) is 11.9 Å². The van der Waals surface area contributed by atoms with Gasteiger partial charge in [0.05, 0.1) is 6.20 Å². The summed E-state index contributed by atoms with van der Waals surface area (Å²) in [4.78, 5) is 4.28. The number of nitrogens with one attached hydrogen (secondary N) is 1. The van der Waals surface area contributed by atoms with E-state index in [0.29, 0.717) is 6.10 Å². The van der Waals surface area contributed by atoms with Gasteiger partial charge in [0.15, 0.2) is 0 Å². The Morgan fingerprint density at radius 1 is 1.29 bits per heavy atom. The van der Waals surface area contributed by atoms with Gasteiger partial charge < -0.3 is 10.1 Å². The maximum Gasteiger partial charge on any atom is 0.114 e. The van der Waals surface area contributed by atoms with Crippen LogP contribution in [0.1, 0.15) is 53.9 Å². The molecule has 3 nitrogen and oxygen atoms in total. The number of hydrogen-bond donors (Lipinski definition) is 1. The molecule has 1 saturated heterocycles. The van der Waals surface area contributed by atoms with E-state index in [0.717, 1.165) is 43.8 Å². The van der Waals surface area contributed by atoms with Crippen LogP contribution < -0.4 is 5.32 Å². The SMILES string of the molecule is CC.CC/C(=C\N=C(C)C)OC1CCNCC1. The molecule has 0 atom stereocenters. The molecule has 3 heteroatoms. The average molecular weight is 240 g/mol. The highest BCUT2D eigenvalue weighted by Gasteiger charge is 2.14. The van der Waals surface area contributed by atoms with Gasteiger partial charge >= 0.3 is 0 Å². The molecule has 1 fully saturated rings. The standard InChI is InChI=1S/C12H22N2O.C2H6/c1-4-11(9-14-10(2)3)15-12-5-7-13-8-6-12;1-2/h9,12-13H,4-8H2,1-3H3;1-2H3/b11-9+;. The highest BCUT2D eigenvalue weighted by molar-refractivity contribution is 5.79. The summed E-state index contributed by atoms with van der Waals surface area (Å²) in [5.74, 6) is 1.00. The zero-order valence-electron chi connectivity index (χ0n) is 12.0. The Kier molecular flexibility index (Phi) is 9.83. The van der Waals surface area contributed by atoms with Gasteiger partial charge in [-0.05, 0) is 39.8 Å². The van der Waals surface area contributed by atoms with Gasteiger partial charge in [0.25, 0.3) is 0 Å². The first-order valence-electron chi connectivity index (χ1n) is 6.79. The van der Waals surface area contributed by atoms with Crippen LogP contribution in [0.25, 0.3) is 0 Å². The summed E-state index contributed by atoms with van der Waals surface area (Å²) in [6.07, 6.45) is 5.36. The normalized spacial score (nSPS) is 16.9. The monoisotopic (exact) mass is 240 g/mol. The van der Waals surface area contributed by atoms with Gasteiger partial charge in [-0.15, -0.1) is 0 Å². The third-order valence-corrected chi connectivity index (χ3v) is 2.42. The molecule has 0 spiro atoms. The number of rotatable bonds is 4. The minimum Gasteiger partial charge on any atom is -0.493 e. The highest BCUT2D eigenvalue weighted by Crippen LogP contribution is 2.14. The number of aliphatic imine (C=N–C) groups is 1. The number of piperidine rings is 1. The Hall–Kier alpha value is -0.830. The predicted molar refractivity (Wildman–Crippen MR) is 75.5 cm³/mol. The molecule has 1 heterocycles. The molecule has 100 valence electrons. The Morgan fingerprint density at radius 2 is 1.88 bits per heavy atom. The van der Waals surface area contributed by atoms with Gasteiger partial charge in [-0.2, -0.15) is 0 Å². The maximum absolute atomic E-state index is 5.90. The summed E-state index contributed by atoms with van der Waals surface area (Å²) in [5.41, 5.74) is 1.06. The van der Waals surface area contributed by atoms with Crippen molar-refractivity contribution in [2.45, 2.75) is 60.0 Å². The van der Waals surface area contributed by atoms with Crippen molar-refractivity contribution in [1.29, 1.82) is 0 Å². The van der Waals surface area contributed by atoms with E-state index < -0.39 is 0 Å². The fraction of sp³-hybridized carbons (Fsp3) is 0.786. The van der Waals surface area contributed by atoms with Gasteiger partial charge in [-0.1, -0.05) is 20.8 Å². The maximum atomic E-state index is 5.90. The molecule has 0 aromatic carbocycles. The van der Waals surface area contributed by atoms with Crippen molar-refractivity contribution in [2.24, 2.45) is 4.99 Å². The number of allylic oxidation sites excluding steroid dienone is 1. The van der Waals surface area contributed by atoms with Crippen molar-refractivity contribution in [1.82, 2.24) is 5.32 Å². The van der Waals surface area contributed by atoms with E-state index in [1.807, 2.05) is 33.9 Å². The molecule has 1 aliphatic heterocycles. The summed E-state index contributed by atoms with van der Waals surface area (Å²) in [7, 11) is 0. The molecule has 1 N–H and O–H groups in total. The Morgan fingerprint density at radius 3 is 2.35 bits per heavy atom. The largest absolute Gasteiger partial charge is 0.493 e. The lowest BCUT2D eigenvalue weighted by Crippen LogP contribution is -2.32. The lowest BCUT2D eigenvalue weighted by molar-refractivity contribution is 0.0834. The molecular formula is C14H28N2O. The van der Waals surface area contributed by atoms with Crippen molar-refractivity contribution >= 4 is 5.71 Å². The summed E-state index contributed by atoms with van der Waals surface area (Å²) >= 11 is 0. The van der Waals surface area contributed by atoms with Gasteiger partial charge in [-0.25, -0.2) is 0 Å². The molecule has 0 amide bonds. The number of hydrogen-bond acceptors (Lipinski definition) is 3. The Bertz CT molecular complexity index is 237. The zero-order valence-corrected chi connectivity index (χ0v) is 12.0. The number of ether oxygens (including phenoxy) is 1. The van der Waals surface area contributed by atoms with Crippen LogP contribution in [0.5, 0.6) is 0 Å². The van der Waals surface area contributed by atoms with Gasteiger partial charge in [0.2, 0.25) is 0 Å². The zero-order chi connectivity index (χ0) is 13.1. The fourth-order valence-electron chi connectivity index (χ4n) is 1.53. The molecule has 0 aromatic heterocycles. The van der Waals surface area contributed by atoms with Crippen molar-refractivity contribution in [3.63, 3.8) is 0 Å². The van der Waals surface area contributed by atoms with Crippen molar-refractivity contribution in [3.8, 4) is 0 Å². The molecule has 17 heavy (non-hydrogen) atoms. The van der Waals surface area contributed by atoms with E-state index in [1.165, 1.54) is 0 Å².